The van der Waals surface area contributed by atoms with E-state index in [1.54, 1.807) is 30.3 Å². The predicted molar refractivity (Wildman–Crippen MR) is 109 cm³/mol. The monoisotopic (exact) mass is 375 g/mol. The van der Waals surface area contributed by atoms with E-state index in [0.29, 0.717) is 22.6 Å². The summed E-state index contributed by atoms with van der Waals surface area (Å²) in [4.78, 5) is 28.4. The average molecular weight is 375 g/mol. The third kappa shape index (κ3) is 4.54. The fraction of sp³-hybridized carbons (Fsp3) is 0.136. The van der Waals surface area contributed by atoms with Crippen LogP contribution in [0, 0.1) is 13.8 Å². The van der Waals surface area contributed by atoms with Crippen LogP contribution in [-0.2, 0) is 4.74 Å². The third-order valence-electron chi connectivity index (χ3n) is 4.22. The average Bonchev–Trinajstić information content (AvgIpc) is 2.71. The molecule has 0 saturated carbocycles. The van der Waals surface area contributed by atoms with Crippen LogP contribution in [0.15, 0.2) is 60.8 Å². The summed E-state index contributed by atoms with van der Waals surface area (Å²) in [6.45, 7) is 3.93. The number of anilines is 3. The smallest absolute Gasteiger partial charge is 0.337 e. The first-order valence-electron chi connectivity index (χ1n) is 8.76. The lowest BCUT2D eigenvalue weighted by molar-refractivity contribution is 0.0600. The molecular weight excluding hydrogens is 354 g/mol. The van der Waals surface area contributed by atoms with E-state index >= 15 is 0 Å². The van der Waals surface area contributed by atoms with E-state index in [0.717, 1.165) is 16.8 Å². The van der Waals surface area contributed by atoms with Gasteiger partial charge in [-0.15, -0.1) is 0 Å². The quantitative estimate of drug-likeness (QED) is 0.643. The molecule has 0 fully saturated rings. The molecule has 2 N–H and O–H groups in total. The summed E-state index contributed by atoms with van der Waals surface area (Å²) in [6.07, 6.45) is 1.51. The Kier molecular flexibility index (Phi) is 5.69. The summed E-state index contributed by atoms with van der Waals surface area (Å²) < 4.78 is 4.72. The van der Waals surface area contributed by atoms with Crippen LogP contribution in [0.25, 0.3) is 0 Å². The molecule has 3 rings (SSSR count). The summed E-state index contributed by atoms with van der Waals surface area (Å²) in [5.41, 5.74) is 4.45. The number of aryl methyl sites for hydroxylation is 2. The number of methoxy groups -OCH3 is 1. The van der Waals surface area contributed by atoms with Gasteiger partial charge in [0.05, 0.1) is 18.2 Å². The summed E-state index contributed by atoms with van der Waals surface area (Å²) in [7, 11) is 1.34. The SMILES string of the molecule is COC(=O)c1cccc(Nc2ccc(C(=O)Nc3cc(C)ccc3C)cn2)c1. The van der Waals surface area contributed by atoms with Gasteiger partial charge in [0.2, 0.25) is 0 Å². The number of rotatable bonds is 5. The minimum absolute atomic E-state index is 0.222. The van der Waals surface area contributed by atoms with Crippen LogP contribution >= 0.6 is 0 Å². The minimum atomic E-state index is -0.407. The molecule has 142 valence electrons. The zero-order valence-corrected chi connectivity index (χ0v) is 15.9. The Balaban J connectivity index is 1.70. The van der Waals surface area contributed by atoms with Crippen molar-refractivity contribution >= 4 is 29.1 Å². The molecule has 1 aromatic heterocycles. The highest BCUT2D eigenvalue weighted by Gasteiger charge is 2.10. The Morgan fingerprint density at radius 1 is 0.964 bits per heavy atom. The summed E-state index contributed by atoms with van der Waals surface area (Å²) in [5.74, 6) is -0.0687. The van der Waals surface area contributed by atoms with Crippen LogP contribution in [0.2, 0.25) is 0 Å². The zero-order valence-electron chi connectivity index (χ0n) is 15.9. The maximum Gasteiger partial charge on any atom is 0.337 e. The highest BCUT2D eigenvalue weighted by molar-refractivity contribution is 6.04. The first kappa shape index (κ1) is 19.1. The van der Waals surface area contributed by atoms with Gasteiger partial charge in [0.1, 0.15) is 5.82 Å². The normalized spacial score (nSPS) is 10.2. The van der Waals surface area contributed by atoms with Crippen molar-refractivity contribution in [2.75, 3.05) is 17.7 Å². The van der Waals surface area contributed by atoms with E-state index in [9.17, 15) is 9.59 Å². The van der Waals surface area contributed by atoms with Crippen molar-refractivity contribution in [1.82, 2.24) is 4.98 Å². The lowest BCUT2D eigenvalue weighted by Crippen LogP contribution is -2.13. The molecule has 0 atom stereocenters. The molecule has 1 amide bonds. The van der Waals surface area contributed by atoms with Crippen molar-refractivity contribution in [3.05, 3.63) is 83.0 Å². The van der Waals surface area contributed by atoms with Crippen molar-refractivity contribution in [3.8, 4) is 0 Å². The van der Waals surface area contributed by atoms with Crippen molar-refractivity contribution in [1.29, 1.82) is 0 Å². The highest BCUT2D eigenvalue weighted by atomic mass is 16.5. The molecule has 0 saturated heterocycles. The van der Waals surface area contributed by atoms with Crippen LogP contribution in [0.5, 0.6) is 0 Å². The van der Waals surface area contributed by atoms with Gasteiger partial charge in [-0.05, 0) is 61.4 Å². The standard InChI is InChI=1S/C22H21N3O3/c1-14-7-8-15(2)19(11-14)25-21(26)17-9-10-20(23-13-17)24-18-6-4-5-16(12-18)22(27)28-3/h4-13H,1-3H3,(H,23,24)(H,25,26). The predicted octanol–water partition coefficient (Wildman–Crippen LogP) is 4.48. The van der Waals surface area contributed by atoms with Crippen LogP contribution < -0.4 is 10.6 Å². The highest BCUT2D eigenvalue weighted by Crippen LogP contribution is 2.19. The topological polar surface area (TPSA) is 80.3 Å². The van der Waals surface area contributed by atoms with Crippen molar-refractivity contribution in [3.63, 3.8) is 0 Å². The Morgan fingerprint density at radius 2 is 1.79 bits per heavy atom. The number of nitrogens with zero attached hydrogens (tertiary/aromatic N) is 1. The number of pyridine rings is 1. The van der Waals surface area contributed by atoms with Gasteiger partial charge in [0.25, 0.3) is 5.91 Å². The largest absolute Gasteiger partial charge is 0.465 e. The number of nitrogens with one attached hydrogen (secondary N) is 2. The number of hydrogen-bond donors (Lipinski definition) is 2. The van der Waals surface area contributed by atoms with E-state index in [2.05, 4.69) is 15.6 Å². The molecule has 0 spiro atoms. The van der Waals surface area contributed by atoms with E-state index < -0.39 is 5.97 Å². The molecule has 1 heterocycles. The fourth-order valence-corrected chi connectivity index (χ4v) is 2.66. The molecule has 0 aliphatic heterocycles. The summed E-state index contributed by atoms with van der Waals surface area (Å²) in [6, 6.07) is 16.2. The third-order valence-corrected chi connectivity index (χ3v) is 4.22. The molecule has 0 bridgehead atoms. The Morgan fingerprint density at radius 3 is 2.50 bits per heavy atom. The Hall–Kier alpha value is -3.67. The van der Waals surface area contributed by atoms with Gasteiger partial charge in [-0.25, -0.2) is 9.78 Å². The first-order chi connectivity index (χ1) is 13.5. The summed E-state index contributed by atoms with van der Waals surface area (Å²) in [5, 5.41) is 6.02. The molecular formula is C22H21N3O3. The van der Waals surface area contributed by atoms with Gasteiger partial charge in [-0.2, -0.15) is 0 Å². The molecule has 0 radical (unpaired) electrons. The number of hydrogen-bond acceptors (Lipinski definition) is 5. The van der Waals surface area contributed by atoms with Gasteiger partial charge >= 0.3 is 5.97 Å². The maximum atomic E-state index is 12.5. The number of benzene rings is 2. The van der Waals surface area contributed by atoms with Gasteiger partial charge in [-0.3, -0.25) is 4.79 Å². The maximum absolute atomic E-state index is 12.5. The minimum Gasteiger partial charge on any atom is -0.465 e. The number of amides is 1. The van der Waals surface area contributed by atoms with Crippen molar-refractivity contribution < 1.29 is 14.3 Å². The van der Waals surface area contributed by atoms with E-state index in [1.807, 2.05) is 38.1 Å². The van der Waals surface area contributed by atoms with Crippen LogP contribution in [0.3, 0.4) is 0 Å². The second-order valence-corrected chi connectivity index (χ2v) is 6.40. The molecule has 0 aliphatic carbocycles. The number of aromatic nitrogens is 1. The van der Waals surface area contributed by atoms with Gasteiger partial charge < -0.3 is 15.4 Å². The van der Waals surface area contributed by atoms with Crippen molar-refractivity contribution in [2.24, 2.45) is 0 Å². The van der Waals surface area contributed by atoms with Crippen LogP contribution in [-0.4, -0.2) is 24.0 Å². The first-order valence-corrected chi connectivity index (χ1v) is 8.76. The van der Waals surface area contributed by atoms with E-state index in [4.69, 9.17) is 4.74 Å². The van der Waals surface area contributed by atoms with Gasteiger partial charge in [0.15, 0.2) is 0 Å². The van der Waals surface area contributed by atoms with Crippen LogP contribution in [0.1, 0.15) is 31.8 Å². The molecule has 2 aromatic carbocycles. The zero-order chi connectivity index (χ0) is 20.1. The number of carbonyl (C=O) groups is 2. The summed E-state index contributed by atoms with van der Waals surface area (Å²) >= 11 is 0. The van der Waals surface area contributed by atoms with Crippen molar-refractivity contribution in [2.45, 2.75) is 13.8 Å². The number of esters is 1. The number of carbonyl (C=O) groups excluding carboxylic acids is 2. The lowest BCUT2D eigenvalue weighted by Gasteiger charge is -2.10. The van der Waals surface area contributed by atoms with Gasteiger partial charge in [0, 0.05) is 17.6 Å². The van der Waals surface area contributed by atoms with E-state index in [-0.39, 0.29) is 5.91 Å². The molecule has 3 aromatic rings. The second-order valence-electron chi connectivity index (χ2n) is 6.40. The Bertz CT molecular complexity index is 1010. The fourth-order valence-electron chi connectivity index (χ4n) is 2.66. The second kappa shape index (κ2) is 8.35. The Labute approximate surface area is 163 Å². The van der Waals surface area contributed by atoms with Gasteiger partial charge in [-0.1, -0.05) is 18.2 Å². The lowest BCUT2D eigenvalue weighted by atomic mass is 10.1. The molecule has 6 nitrogen and oxygen atoms in total. The number of ether oxygens (including phenoxy) is 1. The molecule has 0 aliphatic rings. The molecule has 6 heteroatoms. The molecule has 0 unspecified atom stereocenters. The van der Waals surface area contributed by atoms with E-state index in [1.165, 1.54) is 13.3 Å². The molecule has 28 heavy (non-hydrogen) atoms. The van der Waals surface area contributed by atoms with Crippen LogP contribution in [0.4, 0.5) is 17.2 Å².